The summed E-state index contributed by atoms with van der Waals surface area (Å²) in [4.78, 5) is 45.3. The number of anilines is 1. The number of ketones is 1. The van der Waals surface area contributed by atoms with Crippen LogP contribution in [-0.4, -0.2) is 47.1 Å². The second-order valence-electron chi connectivity index (χ2n) is 9.16. The zero-order chi connectivity index (χ0) is 29.0. The van der Waals surface area contributed by atoms with E-state index in [0.717, 1.165) is 11.3 Å². The van der Waals surface area contributed by atoms with Crippen LogP contribution in [0.3, 0.4) is 0 Å². The van der Waals surface area contributed by atoms with Gasteiger partial charge in [-0.1, -0.05) is 36.1 Å². The Bertz CT molecular complexity index is 1460. The molecule has 40 heavy (non-hydrogen) atoms. The van der Waals surface area contributed by atoms with Gasteiger partial charge >= 0.3 is 11.9 Å². The minimum atomic E-state index is -1.01. The Balaban J connectivity index is 1.83. The molecule has 0 radical (unpaired) electrons. The highest BCUT2D eigenvalue weighted by Crippen LogP contribution is 2.44. The van der Waals surface area contributed by atoms with Gasteiger partial charge in [-0.2, -0.15) is 0 Å². The average Bonchev–Trinajstić information content (AvgIpc) is 3.44. The second kappa shape index (κ2) is 12.2. The number of aliphatic hydroxyl groups is 1. The van der Waals surface area contributed by atoms with Crippen LogP contribution >= 0.6 is 11.3 Å². The number of carbonyl (C=O) groups is 3. The molecule has 1 N–H and O–H groups in total. The second-order valence-corrected chi connectivity index (χ2v) is 10.1. The molecule has 2 aromatic carbocycles. The number of benzene rings is 2. The number of thiazole rings is 1. The Morgan fingerprint density at radius 1 is 1.12 bits per heavy atom. The summed E-state index contributed by atoms with van der Waals surface area (Å²) in [5.74, 6) is -1.48. The first-order chi connectivity index (χ1) is 19.2. The summed E-state index contributed by atoms with van der Waals surface area (Å²) in [5.41, 5.74) is 1.14. The Kier molecular flexibility index (Phi) is 8.69. The quantitative estimate of drug-likeness (QED) is 0.112. The summed E-state index contributed by atoms with van der Waals surface area (Å²) >= 11 is 0.935. The van der Waals surface area contributed by atoms with Crippen LogP contribution in [0.5, 0.6) is 11.5 Å². The Morgan fingerprint density at radius 2 is 1.77 bits per heavy atom. The summed E-state index contributed by atoms with van der Waals surface area (Å²) in [7, 11) is 0. The molecule has 1 amide bonds. The lowest BCUT2D eigenvalue weighted by molar-refractivity contribution is -0.132. The average molecular weight is 563 g/mol. The molecule has 1 atom stereocenters. The first-order valence-electron chi connectivity index (χ1n) is 12.7. The van der Waals surface area contributed by atoms with Gasteiger partial charge in [0.25, 0.3) is 5.78 Å². The molecule has 1 saturated heterocycles. The molecule has 2 heterocycles. The van der Waals surface area contributed by atoms with Gasteiger partial charge in [-0.15, -0.1) is 0 Å². The van der Waals surface area contributed by atoms with Crippen molar-refractivity contribution in [3.63, 3.8) is 0 Å². The maximum absolute atomic E-state index is 13.5. The van der Waals surface area contributed by atoms with Gasteiger partial charge in [0.1, 0.15) is 28.7 Å². The van der Waals surface area contributed by atoms with Crippen LogP contribution in [0.15, 0.2) is 66.8 Å². The van der Waals surface area contributed by atoms with E-state index in [1.54, 1.807) is 55.5 Å². The molecule has 0 aliphatic carbocycles. The number of rotatable bonds is 10. The van der Waals surface area contributed by atoms with Crippen LogP contribution < -0.4 is 14.4 Å². The lowest BCUT2D eigenvalue weighted by Gasteiger charge is -2.23. The smallest absolute Gasteiger partial charge is 0.350 e. The van der Waals surface area contributed by atoms with Crippen LogP contribution in [0.25, 0.3) is 5.76 Å². The number of aromatic nitrogens is 1. The summed E-state index contributed by atoms with van der Waals surface area (Å²) in [6, 6.07) is 12.5. The fraction of sp³-hybridized carbons (Fsp3) is 0.267. The molecule has 1 aliphatic heterocycles. The van der Waals surface area contributed by atoms with E-state index in [-0.39, 0.29) is 34.1 Å². The van der Waals surface area contributed by atoms with E-state index >= 15 is 0 Å². The van der Waals surface area contributed by atoms with Crippen molar-refractivity contribution in [3.8, 4) is 11.5 Å². The Morgan fingerprint density at radius 3 is 2.38 bits per heavy atom. The van der Waals surface area contributed by atoms with Crippen molar-refractivity contribution >= 4 is 39.9 Å². The standard InChI is InChI=1S/C30H30N2O7S/c1-6-16-38-29(36)27-18(5)31-30(40-27)32-24(19-8-12-21(13-9-19)37-7-2)23(26(34)28(32)35)25(33)20-10-14-22(15-11-20)39-17(3)4/h6,8-15,17,24,33H,1,7,16H2,2-5H3/b25-23+. The number of nitrogens with zero attached hydrogens (tertiary/aromatic N) is 2. The summed E-state index contributed by atoms with van der Waals surface area (Å²) in [5, 5.41) is 11.5. The third-order valence-electron chi connectivity index (χ3n) is 5.96. The topological polar surface area (TPSA) is 115 Å². The molecule has 1 fully saturated rings. The number of carbonyl (C=O) groups excluding carboxylic acids is 3. The van der Waals surface area contributed by atoms with Gasteiger partial charge in [-0.25, -0.2) is 9.78 Å². The number of aryl methyl sites for hydroxylation is 1. The number of ether oxygens (including phenoxy) is 3. The minimum Gasteiger partial charge on any atom is -0.507 e. The maximum atomic E-state index is 13.5. The molecule has 10 heteroatoms. The summed E-state index contributed by atoms with van der Waals surface area (Å²) in [6.45, 7) is 11.3. The first kappa shape index (κ1) is 28.6. The zero-order valence-corrected chi connectivity index (χ0v) is 23.5. The number of aliphatic hydroxyl groups excluding tert-OH is 1. The first-order valence-corrected chi connectivity index (χ1v) is 13.5. The number of esters is 1. The number of hydrogen-bond acceptors (Lipinski definition) is 9. The molecule has 0 spiro atoms. The van der Waals surface area contributed by atoms with Gasteiger partial charge in [0.05, 0.1) is 30.0 Å². The highest BCUT2D eigenvalue weighted by atomic mass is 32.1. The van der Waals surface area contributed by atoms with Crippen molar-refractivity contribution < 1.29 is 33.7 Å². The highest BCUT2D eigenvalue weighted by molar-refractivity contribution is 7.17. The van der Waals surface area contributed by atoms with Crippen LogP contribution in [0.4, 0.5) is 5.13 Å². The Hall–Kier alpha value is -4.44. The van der Waals surface area contributed by atoms with E-state index in [1.807, 2.05) is 20.8 Å². The molecule has 0 bridgehead atoms. The number of amides is 1. The van der Waals surface area contributed by atoms with Crippen molar-refractivity contribution in [3.05, 3.63) is 88.5 Å². The number of Topliss-reactive ketones (excluding diaryl/α,β-unsaturated/α-hetero) is 1. The SMILES string of the molecule is C=CCOC(=O)c1sc(N2C(=O)C(=O)/C(=C(/O)c3ccc(OC(C)C)cc3)C2c2ccc(OCC)cc2)nc1C. The van der Waals surface area contributed by atoms with Crippen molar-refractivity contribution in [2.75, 3.05) is 18.1 Å². The van der Waals surface area contributed by atoms with Gasteiger partial charge in [0.15, 0.2) is 5.13 Å². The minimum absolute atomic E-state index is 0.0171. The van der Waals surface area contributed by atoms with Crippen LogP contribution in [0, 0.1) is 6.92 Å². The van der Waals surface area contributed by atoms with Gasteiger partial charge in [0, 0.05) is 5.56 Å². The molecule has 3 aromatic rings. The molecule has 9 nitrogen and oxygen atoms in total. The van der Waals surface area contributed by atoms with Gasteiger partial charge in [-0.3, -0.25) is 14.5 Å². The highest BCUT2D eigenvalue weighted by Gasteiger charge is 2.48. The summed E-state index contributed by atoms with van der Waals surface area (Å²) < 4.78 is 16.4. The molecule has 1 aromatic heterocycles. The molecule has 4 rings (SSSR count). The molecule has 208 valence electrons. The molecule has 1 unspecified atom stereocenters. The third kappa shape index (κ3) is 5.76. The maximum Gasteiger partial charge on any atom is 0.350 e. The molecular formula is C30H30N2O7S. The lowest BCUT2D eigenvalue weighted by atomic mass is 9.95. The third-order valence-corrected chi connectivity index (χ3v) is 7.10. The van der Waals surface area contributed by atoms with Crippen molar-refractivity contribution in [2.24, 2.45) is 0 Å². The monoisotopic (exact) mass is 562 g/mol. The van der Waals surface area contributed by atoms with Gasteiger partial charge < -0.3 is 19.3 Å². The van der Waals surface area contributed by atoms with E-state index in [0.29, 0.717) is 34.9 Å². The van der Waals surface area contributed by atoms with Crippen LogP contribution in [-0.2, 0) is 14.3 Å². The lowest BCUT2D eigenvalue weighted by Crippen LogP contribution is -2.29. The van der Waals surface area contributed by atoms with E-state index in [4.69, 9.17) is 14.2 Å². The predicted molar refractivity (Wildman–Crippen MR) is 152 cm³/mol. The van der Waals surface area contributed by atoms with E-state index in [2.05, 4.69) is 11.6 Å². The van der Waals surface area contributed by atoms with Crippen molar-refractivity contribution in [1.29, 1.82) is 0 Å². The van der Waals surface area contributed by atoms with Crippen molar-refractivity contribution in [1.82, 2.24) is 4.98 Å². The van der Waals surface area contributed by atoms with E-state index < -0.39 is 23.7 Å². The predicted octanol–water partition coefficient (Wildman–Crippen LogP) is 5.61. The van der Waals surface area contributed by atoms with Gasteiger partial charge in [-0.05, 0) is 69.7 Å². The normalized spacial score (nSPS) is 16.3. The number of hydrogen-bond donors (Lipinski definition) is 1. The van der Waals surface area contributed by atoms with Gasteiger partial charge in [0.2, 0.25) is 0 Å². The molecular weight excluding hydrogens is 532 g/mol. The zero-order valence-electron chi connectivity index (χ0n) is 22.7. The largest absolute Gasteiger partial charge is 0.507 e. The van der Waals surface area contributed by atoms with E-state index in [1.165, 1.54) is 11.0 Å². The van der Waals surface area contributed by atoms with Crippen molar-refractivity contribution in [2.45, 2.75) is 39.8 Å². The fourth-order valence-corrected chi connectivity index (χ4v) is 5.24. The fourth-order valence-electron chi connectivity index (χ4n) is 4.25. The summed E-state index contributed by atoms with van der Waals surface area (Å²) in [6.07, 6.45) is 1.41. The molecule has 0 saturated carbocycles. The molecule has 1 aliphatic rings. The van der Waals surface area contributed by atoms with E-state index in [9.17, 15) is 19.5 Å². The Labute approximate surface area is 236 Å². The van der Waals surface area contributed by atoms with Crippen LogP contribution in [0.2, 0.25) is 0 Å². The van der Waals surface area contributed by atoms with Crippen LogP contribution in [0.1, 0.15) is 53.3 Å².